The van der Waals surface area contributed by atoms with Gasteiger partial charge in [-0.15, -0.1) is 0 Å². The highest BCUT2D eigenvalue weighted by Crippen LogP contribution is 2.02. The van der Waals surface area contributed by atoms with Gasteiger partial charge in [-0.2, -0.15) is 0 Å². The fourth-order valence-corrected chi connectivity index (χ4v) is 3.28. The highest BCUT2D eigenvalue weighted by Gasteiger charge is 1.96. The Kier molecular flexibility index (Phi) is 24.4. The van der Waals surface area contributed by atoms with E-state index in [0.29, 0.717) is 85.9 Å². The van der Waals surface area contributed by atoms with E-state index in [1.165, 1.54) is 29.3 Å². The predicted octanol–water partition coefficient (Wildman–Crippen LogP) is 4.30. The third kappa shape index (κ3) is 23.2. The fraction of sp³-hybridized carbons (Fsp3) is 0.760. The van der Waals surface area contributed by atoms with E-state index in [9.17, 15) is 0 Å². The maximum absolute atomic E-state index is 5.56. The molecule has 0 saturated heterocycles. The van der Waals surface area contributed by atoms with Crippen molar-refractivity contribution < 1.29 is 33.2 Å². The van der Waals surface area contributed by atoms with Crippen molar-refractivity contribution in [1.29, 1.82) is 0 Å². The third-order valence-corrected chi connectivity index (χ3v) is 5.28. The van der Waals surface area contributed by atoms with Crippen molar-refractivity contribution in [3.8, 4) is 0 Å². The molecule has 0 bridgehead atoms. The van der Waals surface area contributed by atoms with Gasteiger partial charge in [-0.1, -0.05) is 65.8 Å². The number of hydrogen-bond donors (Lipinski definition) is 0. The van der Waals surface area contributed by atoms with Crippen molar-refractivity contribution in [2.75, 3.05) is 90.3 Å². The summed E-state index contributed by atoms with van der Waals surface area (Å²) in [6, 6.07) is 10.1. The van der Waals surface area contributed by atoms with Crippen LogP contribution >= 0.6 is 22.6 Å². The number of hydrogen-bond acceptors (Lipinski definition) is 7. The lowest BCUT2D eigenvalue weighted by molar-refractivity contribution is -0.0212. The van der Waals surface area contributed by atoms with Crippen LogP contribution in [0.2, 0.25) is 0 Å². The fourth-order valence-electron chi connectivity index (χ4n) is 2.74. The molecule has 0 aromatic heterocycles. The first-order valence-electron chi connectivity index (χ1n) is 12.1. The Hall–Kier alpha value is -0.330. The molecule has 0 radical (unpaired) electrons. The first-order chi connectivity index (χ1) is 16.4. The maximum Gasteiger partial charge on any atom is 0.0718 e. The van der Waals surface area contributed by atoms with Crippen molar-refractivity contribution in [3.05, 3.63) is 35.9 Å². The first kappa shape index (κ1) is 30.7. The molecule has 8 heteroatoms. The van der Waals surface area contributed by atoms with Crippen molar-refractivity contribution in [3.63, 3.8) is 0 Å². The van der Waals surface area contributed by atoms with Gasteiger partial charge in [0.2, 0.25) is 0 Å². The second-order valence-electron chi connectivity index (χ2n) is 7.32. The molecule has 0 saturated carbocycles. The van der Waals surface area contributed by atoms with E-state index >= 15 is 0 Å². The lowest BCUT2D eigenvalue weighted by Crippen LogP contribution is -2.14. The van der Waals surface area contributed by atoms with Gasteiger partial charge >= 0.3 is 0 Å². The molecule has 0 aliphatic heterocycles. The van der Waals surface area contributed by atoms with Crippen LogP contribution in [-0.2, 0) is 39.8 Å². The summed E-state index contributed by atoms with van der Waals surface area (Å²) in [5, 5.41) is 0. The van der Waals surface area contributed by atoms with E-state index in [1.807, 2.05) is 30.3 Å². The van der Waals surface area contributed by atoms with Gasteiger partial charge in [0.25, 0.3) is 0 Å². The largest absolute Gasteiger partial charge is 0.379 e. The van der Waals surface area contributed by atoms with Gasteiger partial charge in [0.05, 0.1) is 85.9 Å². The summed E-state index contributed by atoms with van der Waals surface area (Å²) in [4.78, 5) is 0. The van der Waals surface area contributed by atoms with Crippen LogP contribution in [0.5, 0.6) is 0 Å². The minimum atomic E-state index is 0.551. The number of alkyl halides is 1. The quantitative estimate of drug-likeness (QED) is 0.0918. The molecule has 0 amide bonds. The summed E-state index contributed by atoms with van der Waals surface area (Å²) < 4.78 is 39.7. The molecular formula is C25H43IO7. The average Bonchev–Trinajstić information content (AvgIpc) is 2.84. The molecule has 0 unspecified atom stereocenters. The molecule has 0 N–H and O–H groups in total. The van der Waals surface area contributed by atoms with Gasteiger partial charge in [0, 0.05) is 6.61 Å². The number of halogens is 1. The minimum absolute atomic E-state index is 0.551. The van der Waals surface area contributed by atoms with Gasteiger partial charge in [-0.25, -0.2) is 0 Å². The lowest BCUT2D eigenvalue weighted by atomic mass is 10.2. The van der Waals surface area contributed by atoms with Crippen LogP contribution in [0, 0.1) is 0 Å². The Balaban J connectivity index is 1.64. The van der Waals surface area contributed by atoms with Crippen LogP contribution in [-0.4, -0.2) is 90.3 Å². The van der Waals surface area contributed by atoms with E-state index in [0.717, 1.165) is 13.0 Å². The zero-order valence-corrected chi connectivity index (χ0v) is 22.2. The van der Waals surface area contributed by atoms with E-state index < -0.39 is 0 Å². The predicted molar refractivity (Wildman–Crippen MR) is 138 cm³/mol. The molecule has 1 aromatic carbocycles. The van der Waals surface area contributed by atoms with Crippen LogP contribution in [0.1, 0.15) is 31.2 Å². The second-order valence-corrected chi connectivity index (χ2v) is 8.39. The van der Waals surface area contributed by atoms with Crippen molar-refractivity contribution in [1.82, 2.24) is 0 Å². The molecule has 0 aliphatic carbocycles. The van der Waals surface area contributed by atoms with E-state index in [4.69, 9.17) is 33.2 Å². The van der Waals surface area contributed by atoms with E-state index in [2.05, 4.69) is 22.6 Å². The summed E-state index contributed by atoms with van der Waals surface area (Å²) in [6.45, 7) is 8.35. The Morgan fingerprint density at radius 1 is 0.424 bits per heavy atom. The molecular weight excluding hydrogens is 539 g/mol. The van der Waals surface area contributed by atoms with Gasteiger partial charge < -0.3 is 33.2 Å². The molecule has 0 atom stereocenters. The van der Waals surface area contributed by atoms with Crippen LogP contribution < -0.4 is 0 Å². The van der Waals surface area contributed by atoms with Crippen molar-refractivity contribution in [2.45, 2.75) is 32.3 Å². The summed E-state index contributed by atoms with van der Waals surface area (Å²) in [7, 11) is 0. The summed E-state index contributed by atoms with van der Waals surface area (Å²) >= 11 is 2.42. The Labute approximate surface area is 213 Å². The average molecular weight is 583 g/mol. The summed E-state index contributed by atoms with van der Waals surface area (Å²) in [5.74, 6) is 0. The van der Waals surface area contributed by atoms with Crippen LogP contribution in [0.3, 0.4) is 0 Å². The Morgan fingerprint density at radius 2 is 0.818 bits per heavy atom. The van der Waals surface area contributed by atoms with Gasteiger partial charge in [-0.05, 0) is 22.8 Å². The van der Waals surface area contributed by atoms with Crippen LogP contribution in [0.4, 0.5) is 0 Å². The molecule has 0 fully saturated rings. The highest BCUT2D eigenvalue weighted by atomic mass is 127. The first-order valence-corrected chi connectivity index (χ1v) is 13.6. The van der Waals surface area contributed by atoms with Crippen LogP contribution in [0.25, 0.3) is 0 Å². The standard InChI is InChI=1S/C25H43IO7/c26-10-6-1-2-7-11-27-12-13-28-14-15-29-16-17-30-18-19-31-20-21-32-22-23-33-24-25-8-4-3-5-9-25/h3-5,8-9H,1-2,6-7,10-24H2. The van der Waals surface area contributed by atoms with E-state index in [-0.39, 0.29) is 0 Å². The third-order valence-electron chi connectivity index (χ3n) is 4.52. The topological polar surface area (TPSA) is 64.6 Å². The Morgan fingerprint density at radius 3 is 1.27 bits per heavy atom. The van der Waals surface area contributed by atoms with Gasteiger partial charge in [0.1, 0.15) is 0 Å². The van der Waals surface area contributed by atoms with Crippen molar-refractivity contribution >= 4 is 22.6 Å². The van der Waals surface area contributed by atoms with Crippen LogP contribution in [0.15, 0.2) is 30.3 Å². The number of benzene rings is 1. The SMILES string of the molecule is ICCCCCCOCCOCCOCCOCCOCCOCCOCc1ccccc1. The molecule has 0 heterocycles. The number of unbranched alkanes of at least 4 members (excludes halogenated alkanes) is 3. The van der Waals surface area contributed by atoms with Gasteiger partial charge in [-0.3, -0.25) is 0 Å². The molecule has 0 spiro atoms. The molecule has 192 valence electrons. The monoisotopic (exact) mass is 582 g/mol. The number of rotatable bonds is 26. The summed E-state index contributed by atoms with van der Waals surface area (Å²) in [5.41, 5.74) is 1.17. The lowest BCUT2D eigenvalue weighted by Gasteiger charge is -2.08. The van der Waals surface area contributed by atoms with Crippen molar-refractivity contribution in [2.24, 2.45) is 0 Å². The molecule has 1 rings (SSSR count). The molecule has 7 nitrogen and oxygen atoms in total. The molecule has 1 aromatic rings. The molecule has 33 heavy (non-hydrogen) atoms. The Bertz CT molecular complexity index is 493. The second kappa shape index (κ2) is 26.3. The normalized spacial score (nSPS) is 11.3. The minimum Gasteiger partial charge on any atom is -0.379 e. The zero-order valence-electron chi connectivity index (χ0n) is 20.1. The van der Waals surface area contributed by atoms with Gasteiger partial charge in [0.15, 0.2) is 0 Å². The number of ether oxygens (including phenoxy) is 7. The molecule has 0 aliphatic rings. The van der Waals surface area contributed by atoms with E-state index in [1.54, 1.807) is 0 Å². The summed E-state index contributed by atoms with van der Waals surface area (Å²) in [6.07, 6.45) is 5.01. The zero-order chi connectivity index (χ0) is 23.5. The smallest absolute Gasteiger partial charge is 0.0718 e. The highest BCUT2D eigenvalue weighted by molar-refractivity contribution is 14.1. The maximum atomic E-state index is 5.56.